The van der Waals surface area contributed by atoms with E-state index in [0.717, 1.165) is 6.07 Å². The number of sulfonamides is 1. The predicted molar refractivity (Wildman–Crippen MR) is 68.1 cm³/mol. The van der Waals surface area contributed by atoms with E-state index < -0.39 is 15.8 Å². The maximum Gasteiger partial charge on any atom is 0.232 e. The van der Waals surface area contributed by atoms with Crippen LogP contribution in [0.15, 0.2) is 18.2 Å². The first kappa shape index (κ1) is 14.5. The third-order valence-corrected chi connectivity index (χ3v) is 3.51. The summed E-state index contributed by atoms with van der Waals surface area (Å²) in [6, 6.07) is 3.86. The number of nitrogens with one attached hydrogen (secondary N) is 1. The second kappa shape index (κ2) is 6.38. The molecule has 0 fully saturated rings. The molecule has 6 heteroatoms. The van der Waals surface area contributed by atoms with Gasteiger partial charge in [-0.2, -0.15) is 0 Å². The quantitative estimate of drug-likeness (QED) is 0.812. The molecule has 0 aromatic heterocycles. The van der Waals surface area contributed by atoms with Crippen molar-refractivity contribution in [3.8, 4) is 11.8 Å². The van der Waals surface area contributed by atoms with E-state index in [-0.39, 0.29) is 23.6 Å². The van der Waals surface area contributed by atoms with Gasteiger partial charge in [0.2, 0.25) is 10.0 Å². The van der Waals surface area contributed by atoms with Crippen LogP contribution in [0.2, 0.25) is 0 Å². The van der Waals surface area contributed by atoms with E-state index in [9.17, 15) is 12.8 Å². The number of anilines is 1. The molecule has 0 aliphatic rings. The van der Waals surface area contributed by atoms with Crippen molar-refractivity contribution in [3.05, 3.63) is 29.6 Å². The van der Waals surface area contributed by atoms with Crippen LogP contribution in [0.3, 0.4) is 0 Å². The van der Waals surface area contributed by atoms with E-state index in [1.54, 1.807) is 6.92 Å². The number of halogens is 1. The number of rotatable bonds is 4. The van der Waals surface area contributed by atoms with Gasteiger partial charge in [0.15, 0.2) is 0 Å². The molecular weight excluding hydrogens is 257 g/mol. The zero-order chi connectivity index (χ0) is 13.6. The highest BCUT2D eigenvalue weighted by Gasteiger charge is 2.10. The van der Waals surface area contributed by atoms with E-state index in [1.807, 2.05) is 0 Å². The lowest BCUT2D eigenvalue weighted by Crippen LogP contribution is -2.16. The average molecular weight is 271 g/mol. The SMILES string of the molecule is CCCS(=O)(=O)Nc1ccc(C#CCO)c(F)c1. The van der Waals surface area contributed by atoms with Crippen LogP contribution in [0, 0.1) is 17.7 Å². The second-order valence-electron chi connectivity index (χ2n) is 3.58. The third-order valence-electron chi connectivity index (χ3n) is 2.02. The van der Waals surface area contributed by atoms with Gasteiger partial charge >= 0.3 is 0 Å². The van der Waals surface area contributed by atoms with Crippen molar-refractivity contribution < 1.29 is 17.9 Å². The first-order valence-corrected chi connectivity index (χ1v) is 7.03. The molecule has 4 nitrogen and oxygen atoms in total. The smallest absolute Gasteiger partial charge is 0.232 e. The summed E-state index contributed by atoms with van der Waals surface area (Å²) < 4.78 is 38.7. The van der Waals surface area contributed by atoms with Crippen LogP contribution in [0.4, 0.5) is 10.1 Å². The summed E-state index contributed by atoms with van der Waals surface area (Å²) in [5.41, 5.74) is 0.276. The fourth-order valence-electron chi connectivity index (χ4n) is 1.31. The van der Waals surface area contributed by atoms with Gasteiger partial charge < -0.3 is 5.11 Å². The van der Waals surface area contributed by atoms with E-state index in [0.29, 0.717) is 6.42 Å². The van der Waals surface area contributed by atoms with Crippen LogP contribution in [0.1, 0.15) is 18.9 Å². The van der Waals surface area contributed by atoms with Crippen LogP contribution in [0.5, 0.6) is 0 Å². The predicted octanol–water partition coefficient (Wildman–Crippen LogP) is 1.32. The fourth-order valence-corrected chi connectivity index (χ4v) is 2.44. The van der Waals surface area contributed by atoms with Gasteiger partial charge in [0.1, 0.15) is 12.4 Å². The molecule has 0 aliphatic carbocycles. The summed E-state index contributed by atoms with van der Waals surface area (Å²) in [5.74, 6) is 4.10. The summed E-state index contributed by atoms with van der Waals surface area (Å²) in [7, 11) is -3.42. The number of hydrogen-bond donors (Lipinski definition) is 2. The highest BCUT2D eigenvalue weighted by atomic mass is 32.2. The van der Waals surface area contributed by atoms with Crippen molar-refractivity contribution in [2.75, 3.05) is 17.1 Å². The topological polar surface area (TPSA) is 66.4 Å². The number of benzene rings is 1. The van der Waals surface area contributed by atoms with Crippen LogP contribution >= 0.6 is 0 Å². The fraction of sp³-hybridized carbons (Fsp3) is 0.333. The molecule has 1 rings (SSSR count). The van der Waals surface area contributed by atoms with Crippen molar-refractivity contribution in [1.82, 2.24) is 0 Å². The second-order valence-corrected chi connectivity index (χ2v) is 5.42. The van der Waals surface area contributed by atoms with Gasteiger partial charge in [-0.1, -0.05) is 18.8 Å². The van der Waals surface area contributed by atoms with Crippen molar-refractivity contribution in [2.45, 2.75) is 13.3 Å². The Morgan fingerprint density at radius 2 is 2.17 bits per heavy atom. The summed E-state index contributed by atoms with van der Waals surface area (Å²) >= 11 is 0. The largest absolute Gasteiger partial charge is 0.384 e. The minimum absolute atomic E-state index is 0.0132. The first-order valence-electron chi connectivity index (χ1n) is 5.38. The lowest BCUT2D eigenvalue weighted by Gasteiger charge is -2.07. The molecule has 0 amide bonds. The molecule has 0 aliphatic heterocycles. The van der Waals surface area contributed by atoms with Gasteiger partial charge in [-0.15, -0.1) is 0 Å². The molecule has 98 valence electrons. The maximum atomic E-state index is 13.5. The van der Waals surface area contributed by atoms with Gasteiger partial charge in [-0.25, -0.2) is 12.8 Å². The van der Waals surface area contributed by atoms with Crippen LogP contribution in [-0.2, 0) is 10.0 Å². The molecular formula is C12H14FNO3S. The Bertz CT molecular complexity index is 573. The van der Waals surface area contributed by atoms with Crippen molar-refractivity contribution >= 4 is 15.7 Å². The van der Waals surface area contributed by atoms with Crippen LogP contribution in [0.25, 0.3) is 0 Å². The third kappa shape index (κ3) is 4.35. The van der Waals surface area contributed by atoms with Gasteiger partial charge in [0.05, 0.1) is 17.0 Å². The molecule has 0 bridgehead atoms. The van der Waals surface area contributed by atoms with Gasteiger partial charge in [-0.05, 0) is 24.6 Å². The minimum atomic E-state index is -3.42. The summed E-state index contributed by atoms with van der Waals surface area (Å²) in [6.07, 6.45) is 0.484. The Morgan fingerprint density at radius 3 is 2.72 bits per heavy atom. The number of hydrogen-bond acceptors (Lipinski definition) is 3. The van der Waals surface area contributed by atoms with Crippen molar-refractivity contribution in [2.24, 2.45) is 0 Å². The molecule has 0 unspecified atom stereocenters. The average Bonchev–Trinajstić information content (AvgIpc) is 2.27. The summed E-state index contributed by atoms with van der Waals surface area (Å²) in [6.45, 7) is 1.39. The van der Waals surface area contributed by atoms with E-state index in [4.69, 9.17) is 5.11 Å². The van der Waals surface area contributed by atoms with Crippen LogP contribution in [-0.4, -0.2) is 25.9 Å². The molecule has 0 saturated carbocycles. The normalized spacial score (nSPS) is 10.6. The Kier molecular flexibility index (Phi) is 5.13. The molecule has 0 spiro atoms. The highest BCUT2D eigenvalue weighted by molar-refractivity contribution is 7.92. The van der Waals surface area contributed by atoms with E-state index >= 15 is 0 Å². The van der Waals surface area contributed by atoms with Crippen LogP contribution < -0.4 is 4.72 Å². The molecule has 18 heavy (non-hydrogen) atoms. The Labute approximate surface area is 106 Å². The lowest BCUT2D eigenvalue weighted by molar-refractivity contribution is 0.350. The molecule has 0 atom stereocenters. The number of aliphatic hydroxyl groups excluding tert-OH is 1. The zero-order valence-corrected chi connectivity index (χ0v) is 10.7. The molecule has 0 heterocycles. The van der Waals surface area contributed by atoms with Gasteiger partial charge in [-0.3, -0.25) is 4.72 Å². The Balaban J connectivity index is 2.92. The van der Waals surface area contributed by atoms with E-state index in [1.165, 1.54) is 12.1 Å². The first-order chi connectivity index (χ1) is 8.48. The summed E-state index contributed by atoms with van der Waals surface area (Å²) in [4.78, 5) is 0. The van der Waals surface area contributed by atoms with E-state index in [2.05, 4.69) is 16.6 Å². The Hall–Kier alpha value is -1.58. The lowest BCUT2D eigenvalue weighted by atomic mass is 10.2. The molecule has 1 aromatic carbocycles. The molecule has 2 N–H and O–H groups in total. The van der Waals surface area contributed by atoms with Gasteiger partial charge in [0, 0.05) is 0 Å². The monoisotopic (exact) mass is 271 g/mol. The van der Waals surface area contributed by atoms with Crippen molar-refractivity contribution in [3.63, 3.8) is 0 Å². The summed E-state index contributed by atoms with van der Waals surface area (Å²) in [5, 5.41) is 8.50. The standard InChI is InChI=1S/C12H14FNO3S/c1-2-8-18(16,17)14-11-6-5-10(4-3-7-15)12(13)9-11/h5-6,9,14-15H,2,7-8H2,1H3. The molecule has 1 aromatic rings. The maximum absolute atomic E-state index is 13.5. The highest BCUT2D eigenvalue weighted by Crippen LogP contribution is 2.15. The minimum Gasteiger partial charge on any atom is -0.384 e. The van der Waals surface area contributed by atoms with Gasteiger partial charge in [0.25, 0.3) is 0 Å². The van der Waals surface area contributed by atoms with Crippen molar-refractivity contribution in [1.29, 1.82) is 0 Å². The zero-order valence-electron chi connectivity index (χ0n) is 9.90. The molecule has 0 radical (unpaired) electrons. The molecule has 0 saturated heterocycles. The Morgan fingerprint density at radius 1 is 1.44 bits per heavy atom. The number of aliphatic hydroxyl groups is 1.